The van der Waals surface area contributed by atoms with E-state index in [2.05, 4.69) is 5.32 Å². The molecule has 0 atom stereocenters. The van der Waals surface area contributed by atoms with Gasteiger partial charge in [0, 0.05) is 15.7 Å². The quantitative estimate of drug-likeness (QED) is 0.529. The van der Waals surface area contributed by atoms with E-state index in [9.17, 15) is 13.2 Å². The number of nitrogens with one attached hydrogen (secondary N) is 1. The van der Waals surface area contributed by atoms with Gasteiger partial charge in [-0.25, -0.2) is 8.42 Å². The van der Waals surface area contributed by atoms with Gasteiger partial charge < -0.3 is 5.32 Å². The summed E-state index contributed by atoms with van der Waals surface area (Å²) >= 11 is 12.2. The first kappa shape index (κ1) is 22.2. The average Bonchev–Trinajstić information content (AvgIpc) is 2.72. The molecule has 156 valence electrons. The molecular weight excluding hydrogens is 443 g/mol. The molecule has 0 fully saturated rings. The van der Waals surface area contributed by atoms with Crippen LogP contribution in [0.2, 0.25) is 10.0 Å². The molecule has 3 aromatic rings. The molecule has 1 N–H and O–H groups in total. The highest BCUT2D eigenvalue weighted by atomic mass is 35.5. The van der Waals surface area contributed by atoms with Crippen LogP contribution in [0.25, 0.3) is 0 Å². The number of carbonyl (C=O) groups excluding carboxylic acids is 1. The van der Waals surface area contributed by atoms with Crippen LogP contribution in [0.3, 0.4) is 0 Å². The number of benzene rings is 3. The van der Waals surface area contributed by atoms with E-state index in [-0.39, 0.29) is 4.90 Å². The predicted molar refractivity (Wildman–Crippen MR) is 122 cm³/mol. The van der Waals surface area contributed by atoms with Crippen molar-refractivity contribution >= 4 is 50.5 Å². The molecule has 8 heteroatoms. The van der Waals surface area contributed by atoms with Crippen LogP contribution in [0, 0.1) is 13.8 Å². The van der Waals surface area contributed by atoms with Gasteiger partial charge in [0.2, 0.25) is 5.91 Å². The zero-order valence-corrected chi connectivity index (χ0v) is 18.7. The van der Waals surface area contributed by atoms with Crippen LogP contribution in [-0.2, 0) is 14.8 Å². The van der Waals surface area contributed by atoms with E-state index < -0.39 is 22.5 Å². The lowest BCUT2D eigenvalue weighted by Gasteiger charge is -2.26. The van der Waals surface area contributed by atoms with Crippen LogP contribution in [0.4, 0.5) is 11.4 Å². The number of carbonyl (C=O) groups is 1. The van der Waals surface area contributed by atoms with Gasteiger partial charge in [-0.15, -0.1) is 0 Å². The highest BCUT2D eigenvalue weighted by Gasteiger charge is 2.28. The van der Waals surface area contributed by atoms with Crippen molar-refractivity contribution in [3.05, 3.63) is 87.9 Å². The molecule has 0 unspecified atom stereocenters. The number of rotatable bonds is 6. The number of aryl methyl sites for hydroxylation is 1. The van der Waals surface area contributed by atoms with Crippen molar-refractivity contribution in [1.29, 1.82) is 0 Å². The molecule has 0 aliphatic heterocycles. The molecule has 5 nitrogen and oxygen atoms in total. The first-order valence-corrected chi connectivity index (χ1v) is 11.3. The van der Waals surface area contributed by atoms with Crippen LogP contribution >= 0.6 is 23.2 Å². The Labute approximate surface area is 186 Å². The summed E-state index contributed by atoms with van der Waals surface area (Å²) < 4.78 is 27.8. The van der Waals surface area contributed by atoms with Crippen molar-refractivity contribution < 1.29 is 13.2 Å². The Morgan fingerprint density at radius 3 is 2.37 bits per heavy atom. The predicted octanol–water partition coefficient (Wildman–Crippen LogP) is 5.44. The summed E-state index contributed by atoms with van der Waals surface area (Å²) in [4.78, 5) is 12.9. The van der Waals surface area contributed by atoms with E-state index in [1.807, 2.05) is 6.92 Å². The first-order chi connectivity index (χ1) is 14.2. The molecule has 0 heterocycles. The number of hydrogen-bond acceptors (Lipinski definition) is 3. The fourth-order valence-electron chi connectivity index (χ4n) is 2.93. The summed E-state index contributed by atoms with van der Waals surface area (Å²) in [5, 5.41) is 3.62. The zero-order valence-electron chi connectivity index (χ0n) is 16.4. The Balaban J connectivity index is 2.01. The second-order valence-electron chi connectivity index (χ2n) is 6.72. The van der Waals surface area contributed by atoms with E-state index >= 15 is 0 Å². The molecule has 0 saturated heterocycles. The molecule has 0 radical (unpaired) electrons. The minimum Gasteiger partial charge on any atom is -0.324 e. The molecule has 0 aromatic heterocycles. The lowest BCUT2D eigenvalue weighted by atomic mass is 10.2. The van der Waals surface area contributed by atoms with Gasteiger partial charge in [-0.3, -0.25) is 9.10 Å². The normalized spacial score (nSPS) is 11.2. The third kappa shape index (κ3) is 4.78. The van der Waals surface area contributed by atoms with Crippen molar-refractivity contribution in [2.24, 2.45) is 0 Å². The van der Waals surface area contributed by atoms with Gasteiger partial charge in [0.25, 0.3) is 10.0 Å². The van der Waals surface area contributed by atoms with Gasteiger partial charge in [-0.2, -0.15) is 0 Å². The Morgan fingerprint density at radius 2 is 1.67 bits per heavy atom. The van der Waals surface area contributed by atoms with Crippen LogP contribution in [0.5, 0.6) is 0 Å². The number of anilines is 2. The summed E-state index contributed by atoms with van der Waals surface area (Å²) in [6, 6.07) is 18.0. The van der Waals surface area contributed by atoms with Crippen LogP contribution in [-0.4, -0.2) is 20.9 Å². The smallest absolute Gasteiger partial charge is 0.264 e. The summed E-state index contributed by atoms with van der Waals surface area (Å²) in [6.07, 6.45) is 0. The van der Waals surface area contributed by atoms with Crippen LogP contribution in [0.15, 0.2) is 71.6 Å². The number of nitrogens with zero attached hydrogens (tertiary/aromatic N) is 1. The molecule has 3 rings (SSSR count). The molecule has 0 aliphatic rings. The summed E-state index contributed by atoms with van der Waals surface area (Å²) in [5.74, 6) is -0.501. The Kier molecular flexibility index (Phi) is 6.71. The van der Waals surface area contributed by atoms with Gasteiger partial charge in [-0.1, -0.05) is 53.5 Å². The van der Waals surface area contributed by atoms with E-state index in [0.29, 0.717) is 27.0 Å². The lowest BCUT2D eigenvalue weighted by Crippen LogP contribution is -2.38. The molecule has 3 aromatic carbocycles. The van der Waals surface area contributed by atoms with Gasteiger partial charge in [-0.05, 0) is 61.4 Å². The van der Waals surface area contributed by atoms with Crippen molar-refractivity contribution in [3.63, 3.8) is 0 Å². The third-order valence-electron chi connectivity index (χ3n) is 4.60. The monoisotopic (exact) mass is 462 g/mol. The van der Waals surface area contributed by atoms with Crippen molar-refractivity contribution in [2.45, 2.75) is 18.7 Å². The van der Waals surface area contributed by atoms with Gasteiger partial charge >= 0.3 is 0 Å². The minimum absolute atomic E-state index is 0.0797. The lowest BCUT2D eigenvalue weighted by molar-refractivity contribution is -0.114. The largest absolute Gasteiger partial charge is 0.324 e. The maximum atomic E-state index is 13.4. The first-order valence-electron chi connectivity index (χ1n) is 9.09. The highest BCUT2D eigenvalue weighted by Crippen LogP contribution is 2.31. The van der Waals surface area contributed by atoms with Gasteiger partial charge in [0.05, 0.1) is 10.6 Å². The molecule has 0 saturated carbocycles. The number of amides is 1. The van der Waals surface area contributed by atoms with E-state index in [0.717, 1.165) is 9.87 Å². The molecule has 0 bridgehead atoms. The van der Waals surface area contributed by atoms with E-state index in [4.69, 9.17) is 23.2 Å². The summed E-state index contributed by atoms with van der Waals surface area (Å²) in [6.45, 7) is 3.11. The highest BCUT2D eigenvalue weighted by molar-refractivity contribution is 7.92. The Morgan fingerprint density at radius 1 is 0.967 bits per heavy atom. The van der Waals surface area contributed by atoms with Crippen molar-refractivity contribution in [3.8, 4) is 0 Å². The minimum atomic E-state index is -4.01. The fourth-order valence-corrected chi connectivity index (χ4v) is 4.78. The SMILES string of the molecule is Cc1ccc(Cl)cc1NC(=O)CN(c1cccc(Cl)c1C)S(=O)(=O)c1ccccc1. The van der Waals surface area contributed by atoms with Crippen LogP contribution in [0.1, 0.15) is 11.1 Å². The standard InChI is InChI=1S/C22H20Cl2N2O3S/c1-15-11-12-17(23)13-20(15)25-22(27)14-26(21-10-6-9-19(24)16(21)2)30(28,29)18-7-4-3-5-8-18/h3-13H,14H2,1-2H3,(H,25,27). The van der Waals surface area contributed by atoms with Crippen molar-refractivity contribution in [1.82, 2.24) is 0 Å². The van der Waals surface area contributed by atoms with Gasteiger partial charge in [0.15, 0.2) is 0 Å². The van der Waals surface area contributed by atoms with E-state index in [1.54, 1.807) is 61.5 Å². The molecule has 0 spiro atoms. The second kappa shape index (κ2) is 9.08. The third-order valence-corrected chi connectivity index (χ3v) is 7.02. The molecular formula is C22H20Cl2N2O3S. The number of halogens is 2. The molecule has 1 amide bonds. The number of hydrogen-bond donors (Lipinski definition) is 1. The van der Waals surface area contributed by atoms with Crippen LogP contribution < -0.4 is 9.62 Å². The maximum Gasteiger partial charge on any atom is 0.264 e. The van der Waals surface area contributed by atoms with E-state index in [1.165, 1.54) is 12.1 Å². The maximum absolute atomic E-state index is 13.4. The fraction of sp³-hybridized carbons (Fsp3) is 0.136. The Bertz CT molecular complexity index is 1180. The second-order valence-corrected chi connectivity index (χ2v) is 9.42. The zero-order chi connectivity index (χ0) is 21.9. The van der Waals surface area contributed by atoms with Gasteiger partial charge in [0.1, 0.15) is 6.54 Å². The summed E-state index contributed by atoms with van der Waals surface area (Å²) in [7, 11) is -4.01. The van der Waals surface area contributed by atoms with Crippen molar-refractivity contribution in [2.75, 3.05) is 16.2 Å². The molecule has 0 aliphatic carbocycles. The summed E-state index contributed by atoms with van der Waals surface area (Å²) in [5.41, 5.74) is 2.23. The topological polar surface area (TPSA) is 66.5 Å². The average molecular weight is 463 g/mol. The molecule has 30 heavy (non-hydrogen) atoms. The number of sulfonamides is 1. The Hall–Kier alpha value is -2.54.